The molecule has 1 aliphatic carbocycles. The molecule has 6 heteroatoms. The zero-order valence-corrected chi connectivity index (χ0v) is 10.4. The molecule has 1 heterocycles. The van der Waals surface area contributed by atoms with Gasteiger partial charge in [-0.15, -0.1) is 0 Å². The normalized spacial score (nSPS) is 14.3. The van der Waals surface area contributed by atoms with Gasteiger partial charge in [-0.2, -0.15) is 0 Å². The summed E-state index contributed by atoms with van der Waals surface area (Å²) in [4.78, 5) is 28.1. The third kappa shape index (κ3) is 3.20. The molecule has 0 unspecified atom stereocenters. The van der Waals surface area contributed by atoms with Crippen LogP contribution in [0.3, 0.4) is 0 Å². The Hall–Kier alpha value is -1.62. The lowest BCUT2D eigenvalue weighted by Gasteiger charge is -2.20. The van der Waals surface area contributed by atoms with Crippen molar-refractivity contribution in [2.75, 3.05) is 13.1 Å². The smallest absolute Gasteiger partial charge is 0.323 e. The third-order valence-corrected chi connectivity index (χ3v) is 3.08. The van der Waals surface area contributed by atoms with Gasteiger partial charge >= 0.3 is 5.97 Å². The summed E-state index contributed by atoms with van der Waals surface area (Å²) in [5.41, 5.74) is 0.251. The number of halogens is 1. The first-order valence-corrected chi connectivity index (χ1v) is 6.07. The quantitative estimate of drug-likeness (QED) is 0.825. The zero-order valence-electron chi connectivity index (χ0n) is 9.67. The van der Waals surface area contributed by atoms with E-state index in [0.717, 1.165) is 12.8 Å². The molecule has 1 N–H and O–H groups in total. The van der Waals surface area contributed by atoms with Crippen LogP contribution in [0.2, 0.25) is 5.15 Å². The molecule has 1 aromatic heterocycles. The zero-order chi connectivity index (χ0) is 13.1. The van der Waals surface area contributed by atoms with Crippen LogP contribution in [-0.4, -0.2) is 40.0 Å². The Morgan fingerprint density at radius 1 is 1.50 bits per heavy atom. The highest BCUT2D eigenvalue weighted by Crippen LogP contribution is 2.30. The third-order valence-electron chi connectivity index (χ3n) is 2.78. The molecule has 0 saturated heterocycles. The van der Waals surface area contributed by atoms with Crippen molar-refractivity contribution in [3.05, 3.63) is 29.0 Å². The minimum atomic E-state index is -1.02. The fourth-order valence-corrected chi connectivity index (χ4v) is 1.91. The van der Waals surface area contributed by atoms with Crippen LogP contribution in [0.15, 0.2) is 18.3 Å². The number of carbonyl (C=O) groups is 2. The molecule has 18 heavy (non-hydrogen) atoms. The highest BCUT2D eigenvalue weighted by Gasteiger charge is 2.29. The van der Waals surface area contributed by atoms with E-state index >= 15 is 0 Å². The van der Waals surface area contributed by atoms with Gasteiger partial charge < -0.3 is 10.0 Å². The summed E-state index contributed by atoms with van der Waals surface area (Å²) in [7, 11) is 0. The molecule has 1 aromatic rings. The lowest BCUT2D eigenvalue weighted by molar-refractivity contribution is -0.137. The second-order valence-electron chi connectivity index (χ2n) is 4.36. The van der Waals surface area contributed by atoms with Crippen LogP contribution in [0.25, 0.3) is 0 Å². The van der Waals surface area contributed by atoms with Crippen molar-refractivity contribution in [2.45, 2.75) is 12.8 Å². The lowest BCUT2D eigenvalue weighted by Crippen LogP contribution is -2.37. The number of amides is 1. The Bertz CT molecular complexity index is 474. The van der Waals surface area contributed by atoms with E-state index in [1.165, 1.54) is 11.1 Å². The molecular weight excluding hydrogens is 256 g/mol. The molecule has 0 aliphatic heterocycles. The van der Waals surface area contributed by atoms with Gasteiger partial charge in [0.25, 0.3) is 5.91 Å². The molecule has 1 fully saturated rings. The molecule has 2 rings (SSSR count). The molecule has 1 saturated carbocycles. The van der Waals surface area contributed by atoms with Crippen molar-refractivity contribution in [3.8, 4) is 0 Å². The molecule has 0 atom stereocenters. The Balaban J connectivity index is 2.15. The molecule has 1 amide bonds. The fraction of sp³-hybridized carbons (Fsp3) is 0.417. The number of carboxylic acid groups (broad SMARTS) is 1. The minimum Gasteiger partial charge on any atom is -0.480 e. The lowest BCUT2D eigenvalue weighted by atomic mass is 10.2. The van der Waals surface area contributed by atoms with Crippen LogP contribution in [0.4, 0.5) is 0 Å². The topological polar surface area (TPSA) is 70.5 Å². The molecule has 5 nitrogen and oxygen atoms in total. The van der Waals surface area contributed by atoms with Crippen LogP contribution in [0.1, 0.15) is 23.2 Å². The first kappa shape index (κ1) is 12.8. The fourth-order valence-electron chi connectivity index (χ4n) is 1.71. The Morgan fingerprint density at radius 2 is 2.22 bits per heavy atom. The molecule has 0 spiro atoms. The molecule has 1 aliphatic rings. The highest BCUT2D eigenvalue weighted by molar-refractivity contribution is 6.32. The van der Waals surface area contributed by atoms with Gasteiger partial charge in [0.2, 0.25) is 0 Å². The molecule has 0 bridgehead atoms. The number of hydrogen-bond acceptors (Lipinski definition) is 3. The van der Waals surface area contributed by atoms with Crippen LogP contribution < -0.4 is 0 Å². The monoisotopic (exact) mass is 268 g/mol. The van der Waals surface area contributed by atoms with Crippen LogP contribution >= 0.6 is 11.6 Å². The average molecular weight is 269 g/mol. The van der Waals surface area contributed by atoms with E-state index in [9.17, 15) is 9.59 Å². The number of aromatic nitrogens is 1. The van der Waals surface area contributed by atoms with Crippen molar-refractivity contribution < 1.29 is 14.7 Å². The first-order valence-electron chi connectivity index (χ1n) is 5.69. The van der Waals surface area contributed by atoms with Crippen LogP contribution in [0, 0.1) is 5.92 Å². The van der Waals surface area contributed by atoms with Gasteiger partial charge in [0, 0.05) is 12.7 Å². The van der Waals surface area contributed by atoms with Crippen molar-refractivity contribution in [1.82, 2.24) is 9.88 Å². The predicted octanol–water partition coefficient (Wildman–Crippen LogP) is 1.67. The predicted molar refractivity (Wildman–Crippen MR) is 65.5 cm³/mol. The maximum Gasteiger partial charge on any atom is 0.323 e. The SMILES string of the molecule is O=C(O)CN(CC1CC1)C(=O)c1cccnc1Cl. The Kier molecular flexibility index (Phi) is 3.81. The van der Waals surface area contributed by atoms with E-state index < -0.39 is 5.97 Å². The largest absolute Gasteiger partial charge is 0.480 e. The first-order chi connectivity index (χ1) is 8.58. The summed E-state index contributed by atoms with van der Waals surface area (Å²) in [5, 5.41) is 8.95. The van der Waals surface area contributed by atoms with Gasteiger partial charge in [-0.05, 0) is 30.9 Å². The Morgan fingerprint density at radius 3 is 2.78 bits per heavy atom. The van der Waals surface area contributed by atoms with Gasteiger partial charge in [-0.25, -0.2) is 4.98 Å². The highest BCUT2D eigenvalue weighted by atomic mass is 35.5. The van der Waals surface area contributed by atoms with E-state index in [2.05, 4.69) is 4.98 Å². The minimum absolute atomic E-state index is 0.105. The van der Waals surface area contributed by atoms with Gasteiger partial charge in [-0.3, -0.25) is 9.59 Å². The van der Waals surface area contributed by atoms with Gasteiger partial charge in [0.15, 0.2) is 0 Å². The molecule has 0 radical (unpaired) electrons. The van der Waals surface area contributed by atoms with E-state index in [1.54, 1.807) is 12.1 Å². The van der Waals surface area contributed by atoms with Crippen LogP contribution in [-0.2, 0) is 4.79 Å². The summed E-state index contributed by atoms with van der Waals surface area (Å²) in [6.45, 7) is 0.164. The maximum atomic E-state index is 12.2. The summed E-state index contributed by atoms with van der Waals surface area (Å²) in [5.74, 6) is -0.977. The van der Waals surface area contributed by atoms with Crippen molar-refractivity contribution in [1.29, 1.82) is 0 Å². The van der Waals surface area contributed by atoms with E-state index in [0.29, 0.717) is 12.5 Å². The number of carbonyl (C=O) groups excluding carboxylic acids is 1. The molecule has 0 aromatic carbocycles. The number of pyridine rings is 1. The van der Waals surface area contributed by atoms with Crippen molar-refractivity contribution in [2.24, 2.45) is 5.92 Å². The number of nitrogens with zero attached hydrogens (tertiary/aromatic N) is 2. The van der Waals surface area contributed by atoms with E-state index in [4.69, 9.17) is 16.7 Å². The van der Waals surface area contributed by atoms with Gasteiger partial charge in [-0.1, -0.05) is 11.6 Å². The van der Waals surface area contributed by atoms with Crippen LogP contribution in [0.5, 0.6) is 0 Å². The molecule has 96 valence electrons. The second-order valence-corrected chi connectivity index (χ2v) is 4.72. The van der Waals surface area contributed by atoms with E-state index in [-0.39, 0.29) is 23.2 Å². The summed E-state index contributed by atoms with van der Waals surface area (Å²) < 4.78 is 0. The maximum absolute atomic E-state index is 12.2. The number of hydrogen-bond donors (Lipinski definition) is 1. The average Bonchev–Trinajstić information content (AvgIpc) is 3.11. The number of carboxylic acids is 1. The van der Waals surface area contributed by atoms with E-state index in [1.807, 2.05) is 0 Å². The van der Waals surface area contributed by atoms with Crippen molar-refractivity contribution in [3.63, 3.8) is 0 Å². The van der Waals surface area contributed by atoms with Gasteiger partial charge in [0.05, 0.1) is 5.56 Å². The number of rotatable bonds is 5. The summed E-state index contributed by atoms with van der Waals surface area (Å²) >= 11 is 5.85. The summed E-state index contributed by atoms with van der Waals surface area (Å²) in [6, 6.07) is 3.16. The summed E-state index contributed by atoms with van der Waals surface area (Å²) in [6.07, 6.45) is 3.58. The van der Waals surface area contributed by atoms with Crippen molar-refractivity contribution >= 4 is 23.5 Å². The van der Waals surface area contributed by atoms with Gasteiger partial charge in [0.1, 0.15) is 11.7 Å². The number of aliphatic carboxylic acids is 1. The molecular formula is C12H13ClN2O3. The second kappa shape index (κ2) is 5.35. The standard InChI is InChI=1S/C12H13ClN2O3/c13-11-9(2-1-5-14-11)12(18)15(7-10(16)17)6-8-3-4-8/h1-2,5,8H,3-4,6-7H2,(H,16,17). The Labute approximate surface area is 109 Å².